The van der Waals surface area contributed by atoms with Crippen molar-refractivity contribution in [1.82, 2.24) is 9.44 Å². The van der Waals surface area contributed by atoms with Crippen molar-refractivity contribution in [1.29, 1.82) is 0 Å². The Morgan fingerprint density at radius 3 is 2.18 bits per heavy atom. The van der Waals surface area contributed by atoms with Crippen LogP contribution < -0.4 is 9.44 Å². The maximum absolute atomic E-state index is 11.7. The van der Waals surface area contributed by atoms with Crippen LogP contribution in [0, 0.1) is 0 Å². The molecular formula is C9H14N2O4S2. The van der Waals surface area contributed by atoms with Crippen LogP contribution in [0.4, 0.5) is 0 Å². The summed E-state index contributed by atoms with van der Waals surface area (Å²) in [6.45, 7) is -0.166. The Morgan fingerprint density at radius 1 is 1.06 bits per heavy atom. The minimum Gasteiger partial charge on any atom is -0.218 e. The van der Waals surface area contributed by atoms with Gasteiger partial charge in [0.15, 0.2) is 0 Å². The first kappa shape index (κ1) is 14.1. The predicted octanol–water partition coefficient (Wildman–Crippen LogP) is -0.486. The molecule has 1 aromatic rings. The molecule has 2 N–H and O–H groups in total. The molecule has 96 valence electrons. The van der Waals surface area contributed by atoms with E-state index in [0.29, 0.717) is 0 Å². The third-order valence-corrected chi connectivity index (χ3v) is 4.87. The Labute approximate surface area is 101 Å². The summed E-state index contributed by atoms with van der Waals surface area (Å²) in [5, 5.41) is 0. The van der Waals surface area contributed by atoms with Crippen molar-refractivity contribution in [2.24, 2.45) is 0 Å². The van der Waals surface area contributed by atoms with Gasteiger partial charge in [-0.1, -0.05) is 18.2 Å². The number of rotatable bonds is 6. The van der Waals surface area contributed by atoms with Crippen LogP contribution in [0.15, 0.2) is 35.2 Å². The molecule has 0 aliphatic carbocycles. The SMILES string of the molecule is CNS(=O)(=O)CCNS(=O)(=O)c1ccccc1. The molecule has 0 saturated heterocycles. The van der Waals surface area contributed by atoms with Gasteiger partial charge in [-0.2, -0.15) is 0 Å². The summed E-state index contributed by atoms with van der Waals surface area (Å²) in [6, 6.07) is 7.77. The van der Waals surface area contributed by atoms with Gasteiger partial charge in [-0.15, -0.1) is 0 Å². The van der Waals surface area contributed by atoms with E-state index in [1.807, 2.05) is 0 Å². The summed E-state index contributed by atoms with van der Waals surface area (Å²) in [4.78, 5) is 0.113. The molecule has 0 aliphatic rings. The zero-order chi connectivity index (χ0) is 12.9. The molecule has 0 amide bonds. The van der Waals surface area contributed by atoms with Gasteiger partial charge in [-0.05, 0) is 19.2 Å². The van der Waals surface area contributed by atoms with Crippen LogP contribution in [0.5, 0.6) is 0 Å². The topological polar surface area (TPSA) is 92.3 Å². The molecule has 0 heterocycles. The third kappa shape index (κ3) is 4.43. The summed E-state index contributed by atoms with van der Waals surface area (Å²) in [6.07, 6.45) is 0. The van der Waals surface area contributed by atoms with Gasteiger partial charge >= 0.3 is 0 Å². The van der Waals surface area contributed by atoms with E-state index in [2.05, 4.69) is 9.44 Å². The molecule has 17 heavy (non-hydrogen) atoms. The molecule has 0 fully saturated rings. The van der Waals surface area contributed by atoms with Gasteiger partial charge in [-0.3, -0.25) is 0 Å². The monoisotopic (exact) mass is 278 g/mol. The number of sulfonamides is 2. The van der Waals surface area contributed by atoms with Gasteiger partial charge in [-0.25, -0.2) is 26.3 Å². The summed E-state index contributed by atoms with van der Waals surface area (Å²) in [7, 11) is -5.76. The molecule has 0 spiro atoms. The first-order valence-corrected chi connectivity index (χ1v) is 7.97. The van der Waals surface area contributed by atoms with Crippen molar-refractivity contribution in [3.05, 3.63) is 30.3 Å². The molecule has 0 radical (unpaired) electrons. The quantitative estimate of drug-likeness (QED) is 0.734. The Hall–Kier alpha value is -0.960. The average molecular weight is 278 g/mol. The lowest BCUT2D eigenvalue weighted by Gasteiger charge is -2.06. The van der Waals surface area contributed by atoms with Gasteiger partial charge in [0.25, 0.3) is 0 Å². The van der Waals surface area contributed by atoms with E-state index >= 15 is 0 Å². The van der Waals surface area contributed by atoms with Crippen molar-refractivity contribution in [3.8, 4) is 0 Å². The number of nitrogens with one attached hydrogen (secondary N) is 2. The Bertz CT molecular complexity index is 552. The molecule has 0 saturated carbocycles. The zero-order valence-corrected chi connectivity index (χ0v) is 10.9. The predicted molar refractivity (Wildman–Crippen MR) is 64.5 cm³/mol. The number of benzene rings is 1. The minimum absolute atomic E-state index is 0.113. The molecule has 0 aromatic heterocycles. The molecule has 0 aliphatic heterocycles. The van der Waals surface area contributed by atoms with Crippen LogP contribution in [0.2, 0.25) is 0 Å². The summed E-state index contributed by atoms with van der Waals surface area (Å²) in [5.74, 6) is -0.296. The number of hydrogen-bond donors (Lipinski definition) is 2. The van der Waals surface area contributed by atoms with Crippen LogP contribution in [0.25, 0.3) is 0 Å². The zero-order valence-electron chi connectivity index (χ0n) is 9.25. The minimum atomic E-state index is -3.63. The Balaban J connectivity index is 2.64. The van der Waals surface area contributed by atoms with Crippen molar-refractivity contribution in [2.75, 3.05) is 19.3 Å². The van der Waals surface area contributed by atoms with E-state index in [4.69, 9.17) is 0 Å². The van der Waals surface area contributed by atoms with Crippen LogP contribution in [0.3, 0.4) is 0 Å². The van der Waals surface area contributed by atoms with Crippen molar-refractivity contribution < 1.29 is 16.8 Å². The molecule has 6 nitrogen and oxygen atoms in total. The van der Waals surface area contributed by atoms with Crippen LogP contribution in [0.1, 0.15) is 0 Å². The lowest BCUT2D eigenvalue weighted by Crippen LogP contribution is -2.32. The van der Waals surface area contributed by atoms with Crippen LogP contribution in [-0.2, 0) is 20.0 Å². The van der Waals surface area contributed by atoms with Crippen molar-refractivity contribution in [2.45, 2.75) is 4.90 Å². The second-order valence-electron chi connectivity index (χ2n) is 3.23. The lowest BCUT2D eigenvalue weighted by atomic mass is 10.4. The van der Waals surface area contributed by atoms with E-state index in [1.54, 1.807) is 18.2 Å². The maximum atomic E-state index is 11.7. The molecular weight excluding hydrogens is 264 g/mol. The van der Waals surface area contributed by atoms with Crippen molar-refractivity contribution in [3.63, 3.8) is 0 Å². The highest BCUT2D eigenvalue weighted by atomic mass is 32.2. The van der Waals surface area contributed by atoms with E-state index in [0.717, 1.165) is 0 Å². The third-order valence-electron chi connectivity index (χ3n) is 2.03. The summed E-state index contributed by atoms with van der Waals surface area (Å²) >= 11 is 0. The van der Waals surface area contributed by atoms with E-state index in [1.165, 1.54) is 19.2 Å². The first-order valence-electron chi connectivity index (χ1n) is 4.83. The van der Waals surface area contributed by atoms with Crippen LogP contribution in [-0.4, -0.2) is 36.2 Å². The molecule has 0 bridgehead atoms. The first-order chi connectivity index (χ1) is 7.87. The fraction of sp³-hybridized carbons (Fsp3) is 0.333. The van der Waals surface area contributed by atoms with E-state index in [9.17, 15) is 16.8 Å². The molecule has 8 heteroatoms. The van der Waals surface area contributed by atoms with Crippen molar-refractivity contribution >= 4 is 20.0 Å². The lowest BCUT2D eigenvalue weighted by molar-refractivity contribution is 0.578. The number of hydrogen-bond acceptors (Lipinski definition) is 4. The van der Waals surface area contributed by atoms with Gasteiger partial charge in [0, 0.05) is 6.54 Å². The smallest absolute Gasteiger partial charge is 0.218 e. The van der Waals surface area contributed by atoms with Gasteiger partial charge in [0.2, 0.25) is 20.0 Å². The fourth-order valence-electron chi connectivity index (χ4n) is 1.10. The Kier molecular flexibility index (Phi) is 4.63. The standard InChI is InChI=1S/C9H14N2O4S2/c1-10-16(12,13)8-7-11-17(14,15)9-5-3-2-4-6-9/h2-6,10-11H,7-8H2,1H3. The molecule has 0 unspecified atom stereocenters. The Morgan fingerprint density at radius 2 is 1.65 bits per heavy atom. The normalized spacial score (nSPS) is 12.5. The highest BCUT2D eigenvalue weighted by molar-refractivity contribution is 7.90. The average Bonchev–Trinajstić information content (AvgIpc) is 2.30. The van der Waals surface area contributed by atoms with Gasteiger partial charge in [0.1, 0.15) is 0 Å². The van der Waals surface area contributed by atoms with Crippen LogP contribution >= 0.6 is 0 Å². The van der Waals surface area contributed by atoms with Gasteiger partial charge < -0.3 is 0 Å². The van der Waals surface area contributed by atoms with E-state index < -0.39 is 20.0 Å². The molecule has 1 rings (SSSR count). The van der Waals surface area contributed by atoms with Gasteiger partial charge in [0.05, 0.1) is 10.6 Å². The molecule has 1 aromatic carbocycles. The highest BCUT2D eigenvalue weighted by Gasteiger charge is 2.14. The van der Waals surface area contributed by atoms with E-state index in [-0.39, 0.29) is 17.2 Å². The highest BCUT2D eigenvalue weighted by Crippen LogP contribution is 2.06. The molecule has 0 atom stereocenters. The summed E-state index contributed by atoms with van der Waals surface area (Å²) < 4.78 is 49.8. The largest absolute Gasteiger partial charge is 0.240 e. The second-order valence-corrected chi connectivity index (χ2v) is 7.05. The second kappa shape index (κ2) is 5.58. The fourth-order valence-corrected chi connectivity index (χ4v) is 2.85. The maximum Gasteiger partial charge on any atom is 0.240 e. The summed E-state index contributed by atoms with van der Waals surface area (Å²) in [5.41, 5.74) is 0.